The number of fused-ring (bicyclic) bond motifs is 1. The summed E-state index contributed by atoms with van der Waals surface area (Å²) in [6.07, 6.45) is 10.5. The van der Waals surface area contributed by atoms with Crippen molar-refractivity contribution in [3.63, 3.8) is 0 Å². The smallest absolute Gasteiger partial charge is 0.0264 e. The SMILES string of the molecule is NC1(C2CCCCCC2)Cc2ccccc2C1. The van der Waals surface area contributed by atoms with Crippen LogP contribution in [0.15, 0.2) is 24.3 Å². The molecule has 0 saturated heterocycles. The van der Waals surface area contributed by atoms with E-state index >= 15 is 0 Å². The molecular weight excluding hydrogens is 206 g/mol. The molecular formula is C16H23N. The molecule has 1 fully saturated rings. The van der Waals surface area contributed by atoms with Crippen LogP contribution in [-0.2, 0) is 12.8 Å². The topological polar surface area (TPSA) is 26.0 Å². The van der Waals surface area contributed by atoms with Crippen LogP contribution in [0, 0.1) is 5.92 Å². The Morgan fingerprint density at radius 2 is 1.41 bits per heavy atom. The van der Waals surface area contributed by atoms with Crippen LogP contribution < -0.4 is 5.73 Å². The lowest BCUT2D eigenvalue weighted by Gasteiger charge is -2.33. The van der Waals surface area contributed by atoms with E-state index in [1.807, 2.05) is 0 Å². The largest absolute Gasteiger partial charge is 0.324 e. The quantitative estimate of drug-likeness (QED) is 0.733. The van der Waals surface area contributed by atoms with Crippen molar-refractivity contribution >= 4 is 0 Å². The van der Waals surface area contributed by atoms with Crippen LogP contribution in [0.4, 0.5) is 0 Å². The highest BCUT2D eigenvalue weighted by Crippen LogP contribution is 2.39. The second-order valence-corrected chi connectivity index (χ2v) is 6.04. The molecule has 1 saturated carbocycles. The molecule has 0 radical (unpaired) electrons. The van der Waals surface area contributed by atoms with Crippen LogP contribution in [0.3, 0.4) is 0 Å². The summed E-state index contributed by atoms with van der Waals surface area (Å²) < 4.78 is 0. The summed E-state index contributed by atoms with van der Waals surface area (Å²) in [4.78, 5) is 0. The van der Waals surface area contributed by atoms with E-state index in [0.29, 0.717) is 0 Å². The van der Waals surface area contributed by atoms with Gasteiger partial charge in [0.05, 0.1) is 0 Å². The molecule has 92 valence electrons. The molecule has 1 heteroatoms. The molecule has 17 heavy (non-hydrogen) atoms. The minimum absolute atomic E-state index is 0.0635. The Kier molecular flexibility index (Phi) is 2.96. The molecule has 2 aliphatic rings. The third-order valence-electron chi connectivity index (χ3n) is 4.83. The van der Waals surface area contributed by atoms with Gasteiger partial charge in [0.15, 0.2) is 0 Å². The van der Waals surface area contributed by atoms with Gasteiger partial charge in [-0.2, -0.15) is 0 Å². The predicted molar refractivity (Wildman–Crippen MR) is 72.0 cm³/mol. The van der Waals surface area contributed by atoms with Crippen LogP contribution in [0.2, 0.25) is 0 Å². The lowest BCUT2D eigenvalue weighted by molar-refractivity contribution is 0.253. The normalized spacial score (nSPS) is 24.3. The molecule has 1 nitrogen and oxygen atoms in total. The fraction of sp³-hybridized carbons (Fsp3) is 0.625. The molecule has 1 aromatic carbocycles. The molecule has 3 rings (SSSR count). The third-order valence-corrected chi connectivity index (χ3v) is 4.83. The summed E-state index contributed by atoms with van der Waals surface area (Å²) in [6, 6.07) is 8.83. The molecule has 2 aliphatic carbocycles. The van der Waals surface area contributed by atoms with Gasteiger partial charge in [-0.05, 0) is 42.7 Å². The Bertz CT molecular complexity index is 363. The van der Waals surface area contributed by atoms with Crippen molar-refractivity contribution in [3.8, 4) is 0 Å². The van der Waals surface area contributed by atoms with Gasteiger partial charge in [-0.1, -0.05) is 49.9 Å². The van der Waals surface area contributed by atoms with Gasteiger partial charge in [-0.25, -0.2) is 0 Å². The van der Waals surface area contributed by atoms with E-state index in [4.69, 9.17) is 5.73 Å². The summed E-state index contributed by atoms with van der Waals surface area (Å²) in [5.41, 5.74) is 9.82. The lowest BCUT2D eigenvalue weighted by Crippen LogP contribution is -2.48. The van der Waals surface area contributed by atoms with E-state index in [1.54, 1.807) is 0 Å². The fourth-order valence-corrected chi connectivity index (χ4v) is 3.82. The highest BCUT2D eigenvalue weighted by molar-refractivity contribution is 5.36. The first-order valence-electron chi connectivity index (χ1n) is 7.14. The van der Waals surface area contributed by atoms with Gasteiger partial charge in [0.25, 0.3) is 0 Å². The van der Waals surface area contributed by atoms with Gasteiger partial charge in [0.2, 0.25) is 0 Å². The number of hydrogen-bond acceptors (Lipinski definition) is 1. The molecule has 0 aliphatic heterocycles. The van der Waals surface area contributed by atoms with E-state index in [2.05, 4.69) is 24.3 Å². The summed E-state index contributed by atoms with van der Waals surface area (Å²) in [6.45, 7) is 0. The Morgan fingerprint density at radius 3 is 1.94 bits per heavy atom. The predicted octanol–water partition coefficient (Wildman–Crippen LogP) is 3.45. The molecule has 0 heterocycles. The Hall–Kier alpha value is -0.820. The van der Waals surface area contributed by atoms with Crippen LogP contribution >= 0.6 is 0 Å². The summed E-state index contributed by atoms with van der Waals surface area (Å²) in [5.74, 6) is 0.748. The highest BCUT2D eigenvalue weighted by atomic mass is 14.8. The van der Waals surface area contributed by atoms with Crippen LogP contribution in [0.25, 0.3) is 0 Å². The molecule has 0 spiro atoms. The summed E-state index contributed by atoms with van der Waals surface area (Å²) in [7, 11) is 0. The highest BCUT2D eigenvalue weighted by Gasteiger charge is 2.39. The monoisotopic (exact) mass is 229 g/mol. The number of benzene rings is 1. The van der Waals surface area contributed by atoms with Gasteiger partial charge in [0.1, 0.15) is 0 Å². The van der Waals surface area contributed by atoms with Crippen molar-refractivity contribution in [2.24, 2.45) is 11.7 Å². The zero-order valence-corrected chi connectivity index (χ0v) is 10.6. The average Bonchev–Trinajstić information content (AvgIpc) is 2.53. The summed E-state index contributed by atoms with van der Waals surface area (Å²) >= 11 is 0. The van der Waals surface area contributed by atoms with E-state index in [0.717, 1.165) is 18.8 Å². The standard InChI is InChI=1S/C16H23N/c17-16(15-9-3-1-2-4-10-15)11-13-7-5-6-8-14(13)12-16/h5-8,15H,1-4,9-12,17H2. The second-order valence-electron chi connectivity index (χ2n) is 6.04. The zero-order valence-electron chi connectivity index (χ0n) is 10.6. The minimum Gasteiger partial charge on any atom is -0.324 e. The first-order valence-corrected chi connectivity index (χ1v) is 7.14. The third kappa shape index (κ3) is 2.13. The van der Waals surface area contributed by atoms with Gasteiger partial charge in [-0.3, -0.25) is 0 Å². The maximum absolute atomic E-state index is 6.75. The van der Waals surface area contributed by atoms with Crippen molar-refractivity contribution in [2.45, 2.75) is 56.9 Å². The van der Waals surface area contributed by atoms with Gasteiger partial charge < -0.3 is 5.73 Å². The van der Waals surface area contributed by atoms with Crippen molar-refractivity contribution in [1.29, 1.82) is 0 Å². The van der Waals surface area contributed by atoms with Crippen LogP contribution in [0.5, 0.6) is 0 Å². The van der Waals surface area contributed by atoms with Crippen LogP contribution in [0.1, 0.15) is 49.7 Å². The van der Waals surface area contributed by atoms with Gasteiger partial charge in [0, 0.05) is 5.54 Å². The number of nitrogens with two attached hydrogens (primary N) is 1. The van der Waals surface area contributed by atoms with Crippen molar-refractivity contribution < 1.29 is 0 Å². The Labute approximate surface area is 104 Å². The summed E-state index contributed by atoms with van der Waals surface area (Å²) in [5, 5.41) is 0. The van der Waals surface area contributed by atoms with E-state index in [-0.39, 0.29) is 5.54 Å². The zero-order chi connectivity index (χ0) is 11.7. The van der Waals surface area contributed by atoms with Crippen molar-refractivity contribution in [2.75, 3.05) is 0 Å². The number of rotatable bonds is 1. The van der Waals surface area contributed by atoms with E-state index < -0.39 is 0 Å². The fourth-order valence-electron chi connectivity index (χ4n) is 3.82. The molecule has 2 N–H and O–H groups in total. The first-order chi connectivity index (χ1) is 8.28. The van der Waals surface area contributed by atoms with E-state index in [1.165, 1.54) is 49.7 Å². The minimum atomic E-state index is 0.0635. The van der Waals surface area contributed by atoms with Crippen molar-refractivity contribution in [3.05, 3.63) is 35.4 Å². The van der Waals surface area contributed by atoms with Crippen molar-refractivity contribution in [1.82, 2.24) is 0 Å². The molecule has 0 unspecified atom stereocenters. The molecule has 0 atom stereocenters. The molecule has 0 bridgehead atoms. The van der Waals surface area contributed by atoms with Gasteiger partial charge >= 0.3 is 0 Å². The Balaban J connectivity index is 1.80. The Morgan fingerprint density at radius 1 is 0.882 bits per heavy atom. The molecule has 0 aromatic heterocycles. The van der Waals surface area contributed by atoms with Crippen LogP contribution in [-0.4, -0.2) is 5.54 Å². The lowest BCUT2D eigenvalue weighted by atomic mass is 9.78. The maximum Gasteiger partial charge on any atom is 0.0264 e. The maximum atomic E-state index is 6.75. The number of hydrogen-bond donors (Lipinski definition) is 1. The van der Waals surface area contributed by atoms with Gasteiger partial charge in [-0.15, -0.1) is 0 Å². The second kappa shape index (κ2) is 4.45. The average molecular weight is 229 g/mol. The molecule has 1 aromatic rings. The first kappa shape index (κ1) is 11.3. The molecule has 0 amide bonds. The van der Waals surface area contributed by atoms with E-state index in [9.17, 15) is 0 Å².